The van der Waals surface area contributed by atoms with E-state index in [2.05, 4.69) is 30.7 Å². The third kappa shape index (κ3) is 4.15. The van der Waals surface area contributed by atoms with Gasteiger partial charge in [-0.15, -0.1) is 0 Å². The Hall–Kier alpha value is -3.00. The van der Waals surface area contributed by atoms with Crippen LogP contribution in [0.5, 0.6) is 0 Å². The van der Waals surface area contributed by atoms with Crippen LogP contribution in [0.2, 0.25) is 0 Å². The minimum absolute atomic E-state index is 0.0443. The molecule has 3 aromatic rings. The van der Waals surface area contributed by atoms with Crippen LogP contribution < -0.4 is 5.32 Å². The van der Waals surface area contributed by atoms with Gasteiger partial charge in [-0.1, -0.05) is 12.1 Å². The molecule has 1 aromatic carbocycles. The highest BCUT2D eigenvalue weighted by Crippen LogP contribution is 2.20. The minimum Gasteiger partial charge on any atom is -0.377 e. The second-order valence-electron chi connectivity index (χ2n) is 6.08. The van der Waals surface area contributed by atoms with Gasteiger partial charge in [0.05, 0.1) is 5.69 Å². The van der Waals surface area contributed by atoms with Gasteiger partial charge in [0.2, 0.25) is 5.91 Å². The number of hydrogen-bond donors (Lipinski definition) is 3. The fourth-order valence-electron chi connectivity index (χ4n) is 2.77. The molecule has 0 aliphatic carbocycles. The summed E-state index contributed by atoms with van der Waals surface area (Å²) in [6, 6.07) is 7.46. The van der Waals surface area contributed by atoms with Gasteiger partial charge < -0.3 is 10.1 Å². The monoisotopic (exact) mass is 354 g/mol. The van der Waals surface area contributed by atoms with Crippen LogP contribution in [0.1, 0.15) is 29.2 Å². The maximum atomic E-state index is 12.3. The van der Waals surface area contributed by atoms with Crippen molar-refractivity contribution in [2.75, 3.05) is 12.4 Å². The zero-order valence-corrected chi connectivity index (χ0v) is 15.1. The van der Waals surface area contributed by atoms with Crippen molar-refractivity contribution in [1.29, 1.82) is 0 Å². The lowest BCUT2D eigenvalue weighted by Crippen LogP contribution is -2.12. The maximum Gasteiger partial charge on any atom is 0.224 e. The number of rotatable bonds is 7. The van der Waals surface area contributed by atoms with E-state index < -0.39 is 0 Å². The summed E-state index contributed by atoms with van der Waals surface area (Å²) in [5.74, 6) is 1.18. The number of nitrogens with zero attached hydrogens (tertiary/aromatic N) is 3. The number of carbonyl (C=O) groups excluding carboxylic acids is 1. The Labute approximate surface area is 151 Å². The van der Waals surface area contributed by atoms with Gasteiger partial charge in [0.25, 0.3) is 0 Å². The number of H-pyrrole nitrogens is 2. The molecule has 0 unspecified atom stereocenters. The van der Waals surface area contributed by atoms with Gasteiger partial charge in [0, 0.05) is 30.5 Å². The first kappa shape index (κ1) is 17.8. The van der Waals surface area contributed by atoms with Crippen molar-refractivity contribution in [3.63, 3.8) is 0 Å². The molecule has 3 rings (SSSR count). The zero-order valence-electron chi connectivity index (χ0n) is 15.1. The minimum atomic E-state index is -0.0443. The molecule has 0 atom stereocenters. The number of hydrogen-bond acceptors (Lipinski definition) is 5. The Kier molecular flexibility index (Phi) is 5.43. The van der Waals surface area contributed by atoms with Crippen LogP contribution in [0.4, 0.5) is 5.69 Å². The summed E-state index contributed by atoms with van der Waals surface area (Å²) >= 11 is 0. The number of amides is 1. The van der Waals surface area contributed by atoms with Crippen molar-refractivity contribution in [3.05, 3.63) is 47.0 Å². The lowest BCUT2D eigenvalue weighted by molar-refractivity contribution is -0.116. The average Bonchev–Trinajstić information content (AvgIpc) is 3.21. The van der Waals surface area contributed by atoms with Gasteiger partial charge in [0.1, 0.15) is 6.61 Å². The SMILES string of the molecule is COCc1nc(-c2cccc(NC(=O)CCc3c(C)n[nH]c3C)c2)n[nH]1. The molecule has 8 nitrogen and oxygen atoms in total. The first-order valence-corrected chi connectivity index (χ1v) is 8.37. The lowest BCUT2D eigenvalue weighted by atomic mass is 10.1. The van der Waals surface area contributed by atoms with Crippen molar-refractivity contribution in [2.24, 2.45) is 0 Å². The highest BCUT2D eigenvalue weighted by Gasteiger charge is 2.11. The number of aromatic nitrogens is 5. The standard InChI is InChI=1S/C18H22N6O2/c1-11-15(12(2)22-21-11)7-8-17(25)19-14-6-4-5-13(9-14)18-20-16(10-26-3)23-24-18/h4-6,9H,7-8,10H2,1-3H3,(H,19,25)(H,21,22)(H,20,23,24). The number of anilines is 1. The second-order valence-corrected chi connectivity index (χ2v) is 6.08. The number of methoxy groups -OCH3 is 1. The molecule has 136 valence electrons. The molecule has 2 aromatic heterocycles. The molecule has 26 heavy (non-hydrogen) atoms. The van der Waals surface area contributed by atoms with Gasteiger partial charge in [0.15, 0.2) is 11.6 Å². The smallest absolute Gasteiger partial charge is 0.224 e. The van der Waals surface area contributed by atoms with Crippen LogP contribution in [0.3, 0.4) is 0 Å². The van der Waals surface area contributed by atoms with E-state index in [-0.39, 0.29) is 5.91 Å². The molecule has 0 aliphatic rings. The summed E-state index contributed by atoms with van der Waals surface area (Å²) in [6.07, 6.45) is 1.05. The van der Waals surface area contributed by atoms with E-state index in [1.165, 1.54) is 0 Å². The average molecular weight is 354 g/mol. The third-order valence-corrected chi connectivity index (χ3v) is 4.10. The molecule has 0 fully saturated rings. The number of benzene rings is 1. The van der Waals surface area contributed by atoms with Crippen molar-refractivity contribution in [2.45, 2.75) is 33.3 Å². The molecule has 0 radical (unpaired) electrons. The van der Waals surface area contributed by atoms with E-state index in [1.54, 1.807) is 7.11 Å². The highest BCUT2D eigenvalue weighted by atomic mass is 16.5. The Morgan fingerprint density at radius 3 is 2.81 bits per heavy atom. The molecular formula is C18H22N6O2. The van der Waals surface area contributed by atoms with Gasteiger partial charge in [-0.25, -0.2) is 4.98 Å². The van der Waals surface area contributed by atoms with Crippen LogP contribution in [0.15, 0.2) is 24.3 Å². The van der Waals surface area contributed by atoms with Crippen LogP contribution in [0, 0.1) is 13.8 Å². The van der Waals surface area contributed by atoms with E-state index in [0.29, 0.717) is 36.8 Å². The van der Waals surface area contributed by atoms with Crippen molar-refractivity contribution >= 4 is 11.6 Å². The van der Waals surface area contributed by atoms with Gasteiger partial charge in [-0.05, 0) is 38.0 Å². The molecule has 0 spiro atoms. The molecule has 0 bridgehead atoms. The Morgan fingerprint density at radius 1 is 1.23 bits per heavy atom. The normalized spacial score (nSPS) is 10.9. The van der Waals surface area contributed by atoms with Gasteiger partial charge in [-0.3, -0.25) is 15.0 Å². The van der Waals surface area contributed by atoms with E-state index >= 15 is 0 Å². The number of ether oxygens (including phenoxy) is 1. The Morgan fingerprint density at radius 2 is 2.08 bits per heavy atom. The second kappa shape index (κ2) is 7.92. The first-order chi connectivity index (χ1) is 12.6. The first-order valence-electron chi connectivity index (χ1n) is 8.37. The molecule has 2 heterocycles. The Bertz CT molecular complexity index is 879. The van der Waals surface area contributed by atoms with E-state index in [4.69, 9.17) is 4.74 Å². The van der Waals surface area contributed by atoms with E-state index in [9.17, 15) is 4.79 Å². The van der Waals surface area contributed by atoms with Crippen LogP contribution >= 0.6 is 0 Å². The summed E-state index contributed by atoms with van der Waals surface area (Å²) in [4.78, 5) is 16.6. The van der Waals surface area contributed by atoms with Crippen molar-refractivity contribution in [1.82, 2.24) is 25.4 Å². The zero-order chi connectivity index (χ0) is 18.5. The van der Waals surface area contributed by atoms with Crippen molar-refractivity contribution in [3.8, 4) is 11.4 Å². The fraction of sp³-hybridized carbons (Fsp3) is 0.333. The predicted octanol–water partition coefficient (Wildman–Crippen LogP) is 2.53. The number of nitrogens with one attached hydrogen (secondary N) is 3. The highest BCUT2D eigenvalue weighted by molar-refractivity contribution is 5.91. The van der Waals surface area contributed by atoms with Gasteiger partial charge in [-0.2, -0.15) is 10.2 Å². The molecule has 0 saturated heterocycles. The van der Waals surface area contributed by atoms with Crippen LogP contribution in [-0.2, 0) is 22.6 Å². The summed E-state index contributed by atoms with van der Waals surface area (Å²) < 4.78 is 5.03. The molecule has 8 heteroatoms. The molecular weight excluding hydrogens is 332 g/mol. The maximum absolute atomic E-state index is 12.3. The fourth-order valence-corrected chi connectivity index (χ4v) is 2.77. The molecule has 0 saturated carbocycles. The van der Waals surface area contributed by atoms with Crippen molar-refractivity contribution < 1.29 is 9.53 Å². The number of carbonyl (C=O) groups is 1. The summed E-state index contributed by atoms with van der Waals surface area (Å²) in [6.45, 7) is 4.27. The lowest BCUT2D eigenvalue weighted by Gasteiger charge is -2.06. The molecule has 0 aliphatic heterocycles. The van der Waals surface area contributed by atoms with Gasteiger partial charge >= 0.3 is 0 Å². The quantitative estimate of drug-likeness (QED) is 0.604. The predicted molar refractivity (Wildman–Crippen MR) is 97.5 cm³/mol. The van der Waals surface area contributed by atoms with E-state index in [0.717, 1.165) is 22.5 Å². The van der Waals surface area contributed by atoms with Crippen LogP contribution in [0.25, 0.3) is 11.4 Å². The largest absolute Gasteiger partial charge is 0.377 e. The molecule has 1 amide bonds. The number of aromatic amines is 2. The number of aryl methyl sites for hydroxylation is 2. The Balaban J connectivity index is 1.63. The summed E-state index contributed by atoms with van der Waals surface area (Å²) in [5, 5.41) is 17.0. The van der Waals surface area contributed by atoms with Crippen LogP contribution in [-0.4, -0.2) is 38.4 Å². The topological polar surface area (TPSA) is 109 Å². The van der Waals surface area contributed by atoms with E-state index in [1.807, 2.05) is 38.1 Å². The summed E-state index contributed by atoms with van der Waals surface area (Å²) in [7, 11) is 1.60. The summed E-state index contributed by atoms with van der Waals surface area (Å²) in [5.41, 5.74) is 4.58. The third-order valence-electron chi connectivity index (χ3n) is 4.10. The molecule has 3 N–H and O–H groups in total.